The number of nitrogens with zero attached hydrogens (tertiary/aromatic N) is 1. The van der Waals surface area contributed by atoms with Crippen molar-refractivity contribution >= 4 is 11.7 Å². The van der Waals surface area contributed by atoms with E-state index in [4.69, 9.17) is 10.5 Å². The molecule has 1 aromatic heterocycles. The van der Waals surface area contributed by atoms with Gasteiger partial charge in [-0.25, -0.2) is 4.79 Å². The fourth-order valence-corrected chi connectivity index (χ4v) is 1.73. The predicted molar refractivity (Wildman–Crippen MR) is 76.6 cm³/mol. The number of aryl methyl sites for hydroxylation is 1. The largest absolute Gasteiger partial charge is 0.460 e. The zero-order valence-corrected chi connectivity index (χ0v) is 11.2. The van der Waals surface area contributed by atoms with Crippen molar-refractivity contribution in [3.05, 3.63) is 64.1 Å². The molecule has 0 aliphatic heterocycles. The van der Waals surface area contributed by atoms with Gasteiger partial charge in [-0.1, -0.05) is 12.1 Å². The fourth-order valence-electron chi connectivity index (χ4n) is 1.73. The first-order valence-corrected chi connectivity index (χ1v) is 6.26. The first-order chi connectivity index (χ1) is 9.58. The number of benzene rings is 1. The molecule has 0 fully saturated rings. The van der Waals surface area contributed by atoms with Gasteiger partial charge in [0.25, 0.3) is 5.56 Å². The van der Waals surface area contributed by atoms with Crippen LogP contribution < -0.4 is 11.3 Å². The molecule has 5 heteroatoms. The molecule has 0 aliphatic carbocycles. The summed E-state index contributed by atoms with van der Waals surface area (Å²) in [6.45, 7) is 2.33. The van der Waals surface area contributed by atoms with Gasteiger partial charge in [0.1, 0.15) is 6.61 Å². The Morgan fingerprint density at radius 2 is 2.10 bits per heavy atom. The van der Waals surface area contributed by atoms with Gasteiger partial charge < -0.3 is 15.0 Å². The van der Waals surface area contributed by atoms with Crippen molar-refractivity contribution in [1.82, 2.24) is 4.57 Å². The van der Waals surface area contributed by atoms with E-state index in [-0.39, 0.29) is 12.2 Å². The first-order valence-electron chi connectivity index (χ1n) is 6.26. The Kier molecular flexibility index (Phi) is 4.20. The molecule has 2 rings (SSSR count). The van der Waals surface area contributed by atoms with E-state index in [2.05, 4.69) is 0 Å². The summed E-state index contributed by atoms with van der Waals surface area (Å²) in [4.78, 5) is 23.3. The number of carbonyl (C=O) groups excluding carboxylic acids is 1. The Hall–Kier alpha value is -2.56. The van der Waals surface area contributed by atoms with Gasteiger partial charge in [-0.05, 0) is 30.7 Å². The summed E-state index contributed by atoms with van der Waals surface area (Å²) < 4.78 is 6.61. The second-order valence-electron chi connectivity index (χ2n) is 4.44. The van der Waals surface area contributed by atoms with Crippen molar-refractivity contribution in [2.75, 3.05) is 12.3 Å². The average molecular weight is 272 g/mol. The third kappa shape index (κ3) is 3.26. The SMILES string of the molecule is Cc1ccc(C(=O)OCCn2ccccc2=O)cc1N. The number of ether oxygens (including phenoxy) is 1. The molecule has 0 aliphatic rings. The van der Waals surface area contributed by atoms with E-state index in [9.17, 15) is 9.59 Å². The topological polar surface area (TPSA) is 74.3 Å². The highest BCUT2D eigenvalue weighted by Crippen LogP contribution is 2.13. The van der Waals surface area contributed by atoms with Crippen LogP contribution in [0.4, 0.5) is 5.69 Å². The fraction of sp³-hybridized carbons (Fsp3) is 0.200. The molecule has 0 bridgehead atoms. The Bertz CT molecular complexity index is 677. The standard InChI is InChI=1S/C15H16N2O3/c1-11-5-6-12(10-13(11)16)15(19)20-9-8-17-7-3-2-4-14(17)18/h2-7,10H,8-9,16H2,1H3. The minimum absolute atomic E-state index is 0.122. The van der Waals surface area contributed by atoms with E-state index in [0.717, 1.165) is 5.56 Å². The summed E-state index contributed by atoms with van der Waals surface area (Å²) in [6.07, 6.45) is 1.65. The van der Waals surface area contributed by atoms with Gasteiger partial charge in [0.05, 0.1) is 12.1 Å². The number of hydrogen-bond acceptors (Lipinski definition) is 4. The van der Waals surface area contributed by atoms with Crippen molar-refractivity contribution in [3.63, 3.8) is 0 Å². The number of aromatic nitrogens is 1. The lowest BCUT2D eigenvalue weighted by molar-refractivity contribution is 0.0490. The maximum atomic E-state index is 11.8. The van der Waals surface area contributed by atoms with Crippen LogP contribution in [0.2, 0.25) is 0 Å². The number of pyridine rings is 1. The van der Waals surface area contributed by atoms with Crippen LogP contribution in [-0.2, 0) is 11.3 Å². The van der Waals surface area contributed by atoms with Crippen molar-refractivity contribution in [2.45, 2.75) is 13.5 Å². The van der Waals surface area contributed by atoms with Gasteiger partial charge in [-0.3, -0.25) is 4.79 Å². The van der Waals surface area contributed by atoms with Gasteiger partial charge in [0, 0.05) is 18.0 Å². The predicted octanol–water partition coefficient (Wildman–Crippen LogP) is 1.60. The first kappa shape index (κ1) is 13.9. The molecule has 1 heterocycles. The number of rotatable bonds is 4. The molecule has 0 amide bonds. The van der Waals surface area contributed by atoms with Crippen LogP contribution in [0.3, 0.4) is 0 Å². The molecule has 2 aromatic rings. The average Bonchev–Trinajstić information content (AvgIpc) is 2.44. The molecule has 0 radical (unpaired) electrons. The van der Waals surface area contributed by atoms with Crippen molar-refractivity contribution < 1.29 is 9.53 Å². The van der Waals surface area contributed by atoms with Gasteiger partial charge in [-0.2, -0.15) is 0 Å². The van der Waals surface area contributed by atoms with Crippen LogP contribution in [0.1, 0.15) is 15.9 Å². The van der Waals surface area contributed by atoms with Gasteiger partial charge >= 0.3 is 5.97 Å². The molecule has 5 nitrogen and oxygen atoms in total. The Morgan fingerprint density at radius 1 is 1.30 bits per heavy atom. The lowest BCUT2D eigenvalue weighted by Gasteiger charge is -2.08. The van der Waals surface area contributed by atoms with E-state index in [0.29, 0.717) is 17.8 Å². The van der Waals surface area contributed by atoms with Crippen LogP contribution in [0.15, 0.2) is 47.4 Å². The van der Waals surface area contributed by atoms with Crippen LogP contribution in [0.5, 0.6) is 0 Å². The smallest absolute Gasteiger partial charge is 0.338 e. The maximum Gasteiger partial charge on any atom is 0.338 e. The van der Waals surface area contributed by atoms with E-state index in [1.54, 1.807) is 36.5 Å². The normalized spacial score (nSPS) is 10.2. The Morgan fingerprint density at radius 3 is 2.80 bits per heavy atom. The number of nitrogen functional groups attached to an aromatic ring is 1. The van der Waals surface area contributed by atoms with Crippen molar-refractivity contribution in [1.29, 1.82) is 0 Å². The number of nitrogens with two attached hydrogens (primary N) is 1. The lowest BCUT2D eigenvalue weighted by Crippen LogP contribution is -2.21. The molecular formula is C15H16N2O3. The molecule has 0 atom stereocenters. The molecule has 0 saturated carbocycles. The number of anilines is 1. The van der Waals surface area contributed by atoms with Crippen LogP contribution in [0, 0.1) is 6.92 Å². The number of esters is 1. The van der Waals surface area contributed by atoms with Crippen molar-refractivity contribution in [3.8, 4) is 0 Å². The minimum Gasteiger partial charge on any atom is -0.460 e. The van der Waals surface area contributed by atoms with E-state index < -0.39 is 5.97 Å². The molecule has 2 N–H and O–H groups in total. The number of hydrogen-bond donors (Lipinski definition) is 1. The monoisotopic (exact) mass is 272 g/mol. The summed E-state index contributed by atoms with van der Waals surface area (Å²) in [5, 5.41) is 0. The maximum absolute atomic E-state index is 11.8. The second-order valence-corrected chi connectivity index (χ2v) is 4.44. The molecule has 20 heavy (non-hydrogen) atoms. The van der Waals surface area contributed by atoms with Crippen LogP contribution in [0.25, 0.3) is 0 Å². The van der Waals surface area contributed by atoms with Gasteiger partial charge in [-0.15, -0.1) is 0 Å². The number of carbonyl (C=O) groups is 1. The lowest BCUT2D eigenvalue weighted by atomic mass is 10.1. The Labute approximate surface area is 116 Å². The third-order valence-electron chi connectivity index (χ3n) is 2.98. The van der Waals surface area contributed by atoms with Crippen LogP contribution in [-0.4, -0.2) is 17.1 Å². The van der Waals surface area contributed by atoms with E-state index in [1.165, 1.54) is 10.6 Å². The zero-order valence-electron chi connectivity index (χ0n) is 11.2. The highest BCUT2D eigenvalue weighted by molar-refractivity contribution is 5.90. The third-order valence-corrected chi connectivity index (χ3v) is 2.98. The highest BCUT2D eigenvalue weighted by atomic mass is 16.5. The second kappa shape index (κ2) is 6.06. The molecule has 0 spiro atoms. The van der Waals surface area contributed by atoms with Gasteiger partial charge in [0.15, 0.2) is 0 Å². The van der Waals surface area contributed by atoms with E-state index >= 15 is 0 Å². The molecular weight excluding hydrogens is 256 g/mol. The minimum atomic E-state index is -0.444. The van der Waals surface area contributed by atoms with Crippen molar-refractivity contribution in [2.24, 2.45) is 0 Å². The summed E-state index contributed by atoms with van der Waals surface area (Å²) in [5.74, 6) is -0.444. The zero-order chi connectivity index (χ0) is 14.5. The molecule has 0 unspecified atom stereocenters. The molecule has 0 saturated heterocycles. The summed E-state index contributed by atoms with van der Waals surface area (Å²) in [7, 11) is 0. The summed E-state index contributed by atoms with van der Waals surface area (Å²) in [6, 6.07) is 9.91. The summed E-state index contributed by atoms with van der Waals surface area (Å²) in [5.41, 5.74) is 7.50. The molecule has 104 valence electrons. The summed E-state index contributed by atoms with van der Waals surface area (Å²) >= 11 is 0. The van der Waals surface area contributed by atoms with Gasteiger partial charge in [0.2, 0.25) is 0 Å². The molecule has 1 aromatic carbocycles. The van der Waals surface area contributed by atoms with E-state index in [1.807, 2.05) is 6.92 Å². The quantitative estimate of drug-likeness (QED) is 0.677. The Balaban J connectivity index is 1.94. The highest BCUT2D eigenvalue weighted by Gasteiger charge is 2.08. The van der Waals surface area contributed by atoms with Crippen LogP contribution >= 0.6 is 0 Å².